The van der Waals surface area contributed by atoms with Gasteiger partial charge in [0.15, 0.2) is 5.13 Å². The van der Waals surface area contributed by atoms with Gasteiger partial charge in [0.25, 0.3) is 5.91 Å². The molecule has 0 spiro atoms. The van der Waals surface area contributed by atoms with E-state index in [0.29, 0.717) is 15.0 Å². The Kier molecular flexibility index (Phi) is 4.07. The predicted molar refractivity (Wildman–Crippen MR) is 103 cm³/mol. The van der Waals surface area contributed by atoms with Crippen LogP contribution >= 0.6 is 34.3 Å². The van der Waals surface area contributed by atoms with Crippen LogP contribution < -0.4 is 5.32 Å². The van der Waals surface area contributed by atoms with E-state index in [1.165, 1.54) is 22.7 Å². The largest absolute Gasteiger partial charge is 0.297 e. The summed E-state index contributed by atoms with van der Waals surface area (Å²) in [5, 5.41) is 9.68. The molecule has 0 atom stereocenters. The van der Waals surface area contributed by atoms with Gasteiger partial charge in [-0.15, -0.1) is 22.7 Å². The van der Waals surface area contributed by atoms with Gasteiger partial charge in [0.05, 0.1) is 16.3 Å². The molecule has 1 amide bonds. The maximum absolute atomic E-state index is 12.5. The Hall–Kier alpha value is -2.22. The maximum atomic E-state index is 12.5. The number of thiophene rings is 1. The van der Waals surface area contributed by atoms with Gasteiger partial charge in [-0.3, -0.25) is 10.1 Å². The van der Waals surface area contributed by atoms with Crippen molar-refractivity contribution >= 4 is 55.5 Å². The Labute approximate surface area is 156 Å². The summed E-state index contributed by atoms with van der Waals surface area (Å²) in [5.74, 6) is -0.155. The van der Waals surface area contributed by atoms with Gasteiger partial charge < -0.3 is 0 Å². The molecule has 25 heavy (non-hydrogen) atoms. The first-order valence-corrected chi connectivity index (χ1v) is 9.51. The number of nitrogens with one attached hydrogen (secondary N) is 1. The Balaban J connectivity index is 1.71. The van der Waals surface area contributed by atoms with E-state index in [9.17, 15) is 4.79 Å². The van der Waals surface area contributed by atoms with Gasteiger partial charge in [0.1, 0.15) is 4.83 Å². The van der Waals surface area contributed by atoms with Crippen LogP contribution in [0.2, 0.25) is 5.02 Å². The van der Waals surface area contributed by atoms with Gasteiger partial charge in [-0.05, 0) is 44.2 Å². The zero-order chi connectivity index (χ0) is 17.6. The molecule has 0 bridgehead atoms. The molecule has 0 fully saturated rings. The number of hydrogen-bond donors (Lipinski definition) is 1. The second-order valence-corrected chi connectivity index (χ2v) is 8.24. The quantitative estimate of drug-likeness (QED) is 0.533. The molecule has 0 aliphatic carbocycles. The van der Waals surface area contributed by atoms with Crippen molar-refractivity contribution in [2.75, 3.05) is 5.32 Å². The number of amides is 1. The van der Waals surface area contributed by atoms with Gasteiger partial charge in [-0.25, -0.2) is 9.67 Å². The summed E-state index contributed by atoms with van der Waals surface area (Å²) < 4.78 is 1.84. The van der Waals surface area contributed by atoms with Crippen LogP contribution in [-0.2, 0) is 0 Å². The van der Waals surface area contributed by atoms with Crippen LogP contribution in [0.5, 0.6) is 0 Å². The molecule has 4 rings (SSSR count). The van der Waals surface area contributed by atoms with Crippen LogP contribution in [-0.4, -0.2) is 20.7 Å². The highest BCUT2D eigenvalue weighted by atomic mass is 35.5. The summed E-state index contributed by atoms with van der Waals surface area (Å²) in [4.78, 5) is 19.3. The fourth-order valence-corrected chi connectivity index (χ4v) is 4.35. The normalized spacial score (nSPS) is 11.2. The first-order valence-electron chi connectivity index (χ1n) is 7.50. The highest BCUT2D eigenvalue weighted by Gasteiger charge is 2.18. The molecule has 0 radical (unpaired) electrons. The summed E-state index contributed by atoms with van der Waals surface area (Å²) in [7, 11) is 0. The number of thiazole rings is 1. The van der Waals surface area contributed by atoms with Gasteiger partial charge in [0.2, 0.25) is 0 Å². The second kappa shape index (κ2) is 6.25. The van der Waals surface area contributed by atoms with E-state index in [2.05, 4.69) is 15.4 Å². The highest BCUT2D eigenvalue weighted by Crippen LogP contribution is 2.31. The van der Waals surface area contributed by atoms with Crippen LogP contribution in [0.25, 0.3) is 15.9 Å². The van der Waals surface area contributed by atoms with Crippen molar-refractivity contribution in [2.24, 2.45) is 0 Å². The number of anilines is 1. The smallest absolute Gasteiger partial charge is 0.267 e. The molecule has 126 valence electrons. The van der Waals surface area contributed by atoms with Crippen LogP contribution in [0.1, 0.15) is 20.2 Å². The van der Waals surface area contributed by atoms with Gasteiger partial charge in [-0.1, -0.05) is 11.6 Å². The third-order valence-corrected chi connectivity index (χ3v) is 5.87. The second-order valence-electron chi connectivity index (χ2n) is 5.53. The lowest BCUT2D eigenvalue weighted by Gasteiger charge is -2.02. The summed E-state index contributed by atoms with van der Waals surface area (Å²) >= 11 is 8.83. The molecule has 0 aliphatic heterocycles. The van der Waals surface area contributed by atoms with Gasteiger partial charge in [-0.2, -0.15) is 5.10 Å². The fourth-order valence-electron chi connectivity index (χ4n) is 2.49. The number of fused-ring (bicyclic) bond motifs is 1. The van der Waals surface area contributed by atoms with Crippen LogP contribution in [0, 0.1) is 13.8 Å². The Morgan fingerprint density at radius 2 is 1.96 bits per heavy atom. The lowest BCUT2D eigenvalue weighted by atomic mass is 10.3. The molecule has 4 aromatic rings. The zero-order valence-corrected chi connectivity index (χ0v) is 15.8. The Bertz CT molecular complexity index is 1080. The molecule has 8 heteroatoms. The Morgan fingerprint density at radius 3 is 2.64 bits per heavy atom. The summed E-state index contributed by atoms with van der Waals surface area (Å²) in [6.45, 7) is 3.89. The van der Waals surface area contributed by atoms with E-state index in [-0.39, 0.29) is 5.91 Å². The lowest BCUT2D eigenvalue weighted by Crippen LogP contribution is -2.09. The third kappa shape index (κ3) is 3.06. The monoisotopic (exact) mass is 388 g/mol. The van der Waals surface area contributed by atoms with Crippen molar-refractivity contribution in [1.82, 2.24) is 14.8 Å². The number of carbonyl (C=O) groups excluding carboxylic acids is 1. The highest BCUT2D eigenvalue weighted by molar-refractivity contribution is 7.20. The number of aryl methyl sites for hydroxylation is 2. The molecule has 1 N–H and O–H groups in total. The van der Waals surface area contributed by atoms with E-state index in [1.807, 2.05) is 48.9 Å². The molecule has 3 heterocycles. The van der Waals surface area contributed by atoms with Crippen molar-refractivity contribution in [2.45, 2.75) is 13.8 Å². The molecule has 0 saturated heterocycles. The van der Waals surface area contributed by atoms with E-state index < -0.39 is 0 Å². The minimum Gasteiger partial charge on any atom is -0.297 e. The standard InChI is InChI=1S/C17H13ClN4OS2/c1-9-8-19-17(24-9)20-15(23)14-7-13-10(2)21-22(16(13)25-14)12-5-3-11(18)4-6-12/h3-8H,1-2H3,(H,19,20,23). The van der Waals surface area contributed by atoms with Crippen molar-refractivity contribution in [3.8, 4) is 5.69 Å². The fraction of sp³-hybridized carbons (Fsp3) is 0.118. The van der Waals surface area contributed by atoms with E-state index in [4.69, 9.17) is 11.6 Å². The predicted octanol–water partition coefficient (Wildman–Crippen LogP) is 5.07. The topological polar surface area (TPSA) is 59.8 Å². The summed E-state index contributed by atoms with van der Waals surface area (Å²) in [6.07, 6.45) is 1.74. The maximum Gasteiger partial charge on any atom is 0.267 e. The van der Waals surface area contributed by atoms with Crippen molar-refractivity contribution in [3.05, 3.63) is 57.0 Å². The number of aromatic nitrogens is 3. The number of carbonyl (C=O) groups is 1. The average Bonchev–Trinajstić information content (AvgIpc) is 3.26. The molecular formula is C17H13ClN4OS2. The third-order valence-electron chi connectivity index (χ3n) is 3.68. The lowest BCUT2D eigenvalue weighted by molar-refractivity contribution is 0.103. The van der Waals surface area contributed by atoms with E-state index in [0.717, 1.165) is 26.5 Å². The van der Waals surface area contributed by atoms with Crippen LogP contribution in [0.15, 0.2) is 36.5 Å². The van der Waals surface area contributed by atoms with Crippen molar-refractivity contribution in [1.29, 1.82) is 0 Å². The number of rotatable bonds is 3. The molecule has 3 aromatic heterocycles. The number of halogens is 1. The number of benzene rings is 1. The molecule has 1 aromatic carbocycles. The van der Waals surface area contributed by atoms with E-state index in [1.54, 1.807) is 6.20 Å². The number of hydrogen-bond acceptors (Lipinski definition) is 5. The van der Waals surface area contributed by atoms with Crippen LogP contribution in [0.4, 0.5) is 5.13 Å². The van der Waals surface area contributed by atoms with Crippen LogP contribution in [0.3, 0.4) is 0 Å². The molecular weight excluding hydrogens is 376 g/mol. The number of nitrogens with zero attached hydrogens (tertiary/aromatic N) is 3. The average molecular weight is 389 g/mol. The van der Waals surface area contributed by atoms with Crippen molar-refractivity contribution < 1.29 is 4.79 Å². The summed E-state index contributed by atoms with van der Waals surface area (Å²) in [6, 6.07) is 9.35. The Morgan fingerprint density at radius 1 is 1.20 bits per heavy atom. The van der Waals surface area contributed by atoms with Gasteiger partial charge in [0, 0.05) is 21.5 Å². The summed E-state index contributed by atoms with van der Waals surface area (Å²) in [5.41, 5.74) is 1.79. The molecule has 0 unspecified atom stereocenters. The first kappa shape index (κ1) is 16.3. The van der Waals surface area contributed by atoms with Gasteiger partial charge >= 0.3 is 0 Å². The minimum absolute atomic E-state index is 0.155. The minimum atomic E-state index is -0.155. The first-order chi connectivity index (χ1) is 12.0. The van der Waals surface area contributed by atoms with E-state index >= 15 is 0 Å². The zero-order valence-electron chi connectivity index (χ0n) is 13.4. The molecule has 0 saturated carbocycles. The SMILES string of the molecule is Cc1cnc(NC(=O)c2cc3c(C)nn(-c4ccc(Cl)cc4)c3s2)s1. The van der Waals surface area contributed by atoms with Crippen molar-refractivity contribution in [3.63, 3.8) is 0 Å². The molecule has 0 aliphatic rings. The molecule has 5 nitrogen and oxygen atoms in total.